The number of aromatic nitrogens is 2. The monoisotopic (exact) mass is 192 g/mol. The van der Waals surface area contributed by atoms with Crippen LogP contribution in [-0.4, -0.2) is 14.9 Å². The van der Waals surface area contributed by atoms with Crippen molar-refractivity contribution in [1.29, 1.82) is 0 Å². The maximum atomic E-state index is 9.82. The highest BCUT2D eigenvalue weighted by atomic mass is 16.3. The van der Waals surface area contributed by atoms with E-state index in [0.29, 0.717) is 6.42 Å². The standard InChI is InChI=1S/C11H16N2O/c1-3-5-6-7-11(14)10-8-9-12-13(10)4-2/h8-9,11,14H,4,6-7H2,1-2H3. The Hall–Kier alpha value is -1.27. The number of aliphatic hydroxyl groups excluding tert-OH is 1. The number of rotatable bonds is 4. The lowest BCUT2D eigenvalue weighted by Crippen LogP contribution is -2.07. The molecule has 0 saturated carbocycles. The van der Waals surface area contributed by atoms with Gasteiger partial charge in [0.15, 0.2) is 0 Å². The molecule has 0 amide bonds. The minimum Gasteiger partial charge on any atom is -0.387 e. The number of hydrogen-bond donors (Lipinski definition) is 1. The molecule has 0 aliphatic rings. The van der Waals surface area contributed by atoms with Gasteiger partial charge in [0.25, 0.3) is 0 Å². The topological polar surface area (TPSA) is 38.1 Å². The van der Waals surface area contributed by atoms with Crippen molar-refractivity contribution in [3.8, 4) is 11.8 Å². The highest BCUT2D eigenvalue weighted by molar-refractivity contribution is 5.05. The summed E-state index contributed by atoms with van der Waals surface area (Å²) in [5.74, 6) is 5.75. The summed E-state index contributed by atoms with van der Waals surface area (Å²) in [6.07, 6.45) is 2.67. The molecular formula is C11H16N2O. The molecule has 0 aromatic carbocycles. The summed E-state index contributed by atoms with van der Waals surface area (Å²) in [6.45, 7) is 4.61. The molecule has 0 spiro atoms. The zero-order valence-electron chi connectivity index (χ0n) is 8.70. The Balaban J connectivity index is 2.58. The lowest BCUT2D eigenvalue weighted by molar-refractivity contribution is 0.158. The van der Waals surface area contributed by atoms with Gasteiger partial charge in [-0.15, -0.1) is 11.8 Å². The Morgan fingerprint density at radius 2 is 2.43 bits per heavy atom. The molecular weight excluding hydrogens is 176 g/mol. The van der Waals surface area contributed by atoms with Gasteiger partial charge in [-0.2, -0.15) is 5.10 Å². The van der Waals surface area contributed by atoms with E-state index in [4.69, 9.17) is 0 Å². The van der Waals surface area contributed by atoms with Crippen LogP contribution in [0.4, 0.5) is 0 Å². The van der Waals surface area contributed by atoms with Gasteiger partial charge in [-0.1, -0.05) is 0 Å². The molecule has 1 heterocycles. The van der Waals surface area contributed by atoms with E-state index in [2.05, 4.69) is 16.9 Å². The van der Waals surface area contributed by atoms with Crippen LogP contribution in [0.2, 0.25) is 0 Å². The van der Waals surface area contributed by atoms with Crippen molar-refractivity contribution < 1.29 is 5.11 Å². The molecule has 14 heavy (non-hydrogen) atoms. The van der Waals surface area contributed by atoms with E-state index in [0.717, 1.165) is 18.7 Å². The quantitative estimate of drug-likeness (QED) is 0.738. The van der Waals surface area contributed by atoms with Crippen LogP contribution in [0.3, 0.4) is 0 Å². The Morgan fingerprint density at radius 3 is 3.07 bits per heavy atom. The Bertz CT molecular complexity index is 333. The third-order valence-corrected chi connectivity index (χ3v) is 2.11. The third-order valence-electron chi connectivity index (χ3n) is 2.11. The first-order chi connectivity index (χ1) is 6.79. The number of aryl methyl sites for hydroxylation is 1. The molecule has 1 atom stereocenters. The van der Waals surface area contributed by atoms with E-state index in [1.807, 2.05) is 24.6 Å². The molecule has 76 valence electrons. The van der Waals surface area contributed by atoms with Crippen LogP contribution in [0.15, 0.2) is 12.3 Å². The van der Waals surface area contributed by atoms with Crippen LogP contribution in [-0.2, 0) is 6.54 Å². The van der Waals surface area contributed by atoms with E-state index in [-0.39, 0.29) is 0 Å². The fraction of sp³-hybridized carbons (Fsp3) is 0.545. The van der Waals surface area contributed by atoms with Crippen LogP contribution in [0, 0.1) is 11.8 Å². The van der Waals surface area contributed by atoms with Crippen molar-refractivity contribution in [2.45, 2.75) is 39.3 Å². The summed E-state index contributed by atoms with van der Waals surface area (Å²) in [5.41, 5.74) is 0.880. The van der Waals surface area contributed by atoms with Gasteiger partial charge in [-0.25, -0.2) is 0 Å². The Morgan fingerprint density at radius 1 is 1.64 bits per heavy atom. The predicted octanol–water partition coefficient (Wildman–Crippen LogP) is 1.74. The van der Waals surface area contributed by atoms with Crippen molar-refractivity contribution in [3.05, 3.63) is 18.0 Å². The van der Waals surface area contributed by atoms with Gasteiger partial charge < -0.3 is 5.11 Å². The summed E-state index contributed by atoms with van der Waals surface area (Å²) in [6, 6.07) is 1.85. The van der Waals surface area contributed by atoms with E-state index in [1.165, 1.54) is 0 Å². The minimum atomic E-state index is -0.446. The summed E-state index contributed by atoms with van der Waals surface area (Å²) in [5, 5.41) is 13.9. The molecule has 0 radical (unpaired) electrons. The van der Waals surface area contributed by atoms with Gasteiger partial charge >= 0.3 is 0 Å². The van der Waals surface area contributed by atoms with Crippen LogP contribution in [0.25, 0.3) is 0 Å². The van der Waals surface area contributed by atoms with Gasteiger partial charge in [-0.3, -0.25) is 4.68 Å². The molecule has 0 fully saturated rings. The van der Waals surface area contributed by atoms with Crippen molar-refractivity contribution in [3.63, 3.8) is 0 Å². The number of hydrogen-bond acceptors (Lipinski definition) is 2. The molecule has 1 aromatic rings. The van der Waals surface area contributed by atoms with E-state index in [9.17, 15) is 5.11 Å². The van der Waals surface area contributed by atoms with Crippen LogP contribution in [0.1, 0.15) is 38.5 Å². The maximum absolute atomic E-state index is 9.82. The molecule has 1 rings (SSSR count). The zero-order valence-corrected chi connectivity index (χ0v) is 8.70. The van der Waals surface area contributed by atoms with Gasteiger partial charge in [-0.05, 0) is 26.3 Å². The minimum absolute atomic E-state index is 0.446. The molecule has 0 saturated heterocycles. The average Bonchev–Trinajstić information content (AvgIpc) is 2.65. The lowest BCUT2D eigenvalue weighted by atomic mass is 10.1. The van der Waals surface area contributed by atoms with E-state index >= 15 is 0 Å². The SMILES string of the molecule is CC#CCCC(O)c1ccnn1CC. The van der Waals surface area contributed by atoms with Crippen molar-refractivity contribution >= 4 is 0 Å². The van der Waals surface area contributed by atoms with Gasteiger partial charge in [0.2, 0.25) is 0 Å². The number of nitrogens with zero attached hydrogens (tertiary/aromatic N) is 2. The third kappa shape index (κ3) is 2.61. The Kier molecular flexibility index (Phi) is 4.21. The highest BCUT2D eigenvalue weighted by Crippen LogP contribution is 2.17. The summed E-state index contributed by atoms with van der Waals surface area (Å²) < 4.78 is 1.81. The van der Waals surface area contributed by atoms with Crippen molar-refractivity contribution in [1.82, 2.24) is 9.78 Å². The molecule has 1 unspecified atom stereocenters. The molecule has 0 aliphatic carbocycles. The highest BCUT2D eigenvalue weighted by Gasteiger charge is 2.10. The van der Waals surface area contributed by atoms with Gasteiger partial charge in [0.1, 0.15) is 0 Å². The fourth-order valence-electron chi connectivity index (χ4n) is 1.37. The fourth-order valence-corrected chi connectivity index (χ4v) is 1.37. The summed E-state index contributed by atoms with van der Waals surface area (Å²) in [4.78, 5) is 0. The second kappa shape index (κ2) is 5.46. The largest absolute Gasteiger partial charge is 0.387 e. The summed E-state index contributed by atoms with van der Waals surface area (Å²) in [7, 11) is 0. The molecule has 3 nitrogen and oxygen atoms in total. The smallest absolute Gasteiger partial charge is 0.0965 e. The first kappa shape index (κ1) is 10.8. The molecule has 0 aliphatic heterocycles. The van der Waals surface area contributed by atoms with Crippen molar-refractivity contribution in [2.24, 2.45) is 0 Å². The Labute approximate surface area is 84.8 Å². The predicted molar refractivity (Wildman–Crippen MR) is 55.5 cm³/mol. The van der Waals surface area contributed by atoms with Gasteiger partial charge in [0, 0.05) is 19.2 Å². The second-order valence-corrected chi connectivity index (χ2v) is 3.05. The van der Waals surface area contributed by atoms with Crippen LogP contribution < -0.4 is 0 Å². The maximum Gasteiger partial charge on any atom is 0.0965 e. The molecule has 1 aromatic heterocycles. The zero-order chi connectivity index (χ0) is 10.4. The normalized spacial score (nSPS) is 11.9. The molecule has 1 N–H and O–H groups in total. The second-order valence-electron chi connectivity index (χ2n) is 3.05. The first-order valence-corrected chi connectivity index (χ1v) is 4.89. The summed E-state index contributed by atoms with van der Waals surface area (Å²) >= 11 is 0. The molecule has 3 heteroatoms. The van der Waals surface area contributed by atoms with Crippen molar-refractivity contribution in [2.75, 3.05) is 0 Å². The first-order valence-electron chi connectivity index (χ1n) is 4.89. The lowest BCUT2D eigenvalue weighted by Gasteiger charge is -2.10. The van der Waals surface area contributed by atoms with E-state index < -0.39 is 6.10 Å². The average molecular weight is 192 g/mol. The van der Waals surface area contributed by atoms with Crippen LogP contribution >= 0.6 is 0 Å². The van der Waals surface area contributed by atoms with Gasteiger partial charge in [0.05, 0.1) is 11.8 Å². The molecule has 0 bridgehead atoms. The van der Waals surface area contributed by atoms with Crippen LogP contribution in [0.5, 0.6) is 0 Å². The number of aliphatic hydroxyl groups is 1. The van der Waals surface area contributed by atoms with E-state index in [1.54, 1.807) is 6.20 Å².